The van der Waals surface area contributed by atoms with E-state index in [1.807, 2.05) is 109 Å². The Hall–Kier alpha value is -7.13. The SMILES string of the molecule is Fc1nnc(-n2c3[c-]c(Oc4[c-]c5c(cc4)c4ccccc4n5-c4ccccn4)ccc3c3ccc(Oc4[c-]c5c(cc4)c4ccccc4n5-c4ccccn4)[c-]c32)nn1.[Pt+2].[Pt+2]. The largest absolute Gasteiger partial charge is 2.00 e. The van der Waals surface area contributed by atoms with Crippen molar-refractivity contribution >= 4 is 65.4 Å². The summed E-state index contributed by atoms with van der Waals surface area (Å²) in [5, 5.41) is 21.0. The summed E-state index contributed by atoms with van der Waals surface area (Å²) in [6.07, 6.45) is 2.48. The van der Waals surface area contributed by atoms with E-state index in [1.54, 1.807) is 17.0 Å². The zero-order valence-electron chi connectivity index (χ0n) is 31.7. The molecule has 0 aliphatic carbocycles. The van der Waals surface area contributed by atoms with Crippen molar-refractivity contribution in [2.75, 3.05) is 0 Å². The quantitative estimate of drug-likeness (QED) is 0.145. The number of ether oxygens (including phenoxy) is 2. The van der Waals surface area contributed by atoms with Crippen LogP contribution in [0, 0.1) is 30.3 Å². The number of pyridine rings is 2. The van der Waals surface area contributed by atoms with Crippen molar-refractivity contribution in [2.45, 2.75) is 0 Å². The van der Waals surface area contributed by atoms with Crippen molar-refractivity contribution in [3.63, 3.8) is 0 Å². The number of aromatic nitrogens is 9. The van der Waals surface area contributed by atoms with Crippen LogP contribution in [-0.4, -0.2) is 44.1 Å². The minimum absolute atomic E-state index is 0. The molecule has 0 radical (unpaired) electrons. The van der Waals surface area contributed by atoms with Crippen molar-refractivity contribution in [1.29, 1.82) is 0 Å². The number of hydrogen-bond acceptors (Lipinski definition) is 8. The van der Waals surface area contributed by atoms with Gasteiger partial charge in [0.1, 0.15) is 11.6 Å². The van der Waals surface area contributed by atoms with E-state index in [2.05, 4.69) is 88.0 Å². The van der Waals surface area contributed by atoms with E-state index in [0.29, 0.717) is 34.0 Å². The molecule has 0 atom stereocenters. The summed E-state index contributed by atoms with van der Waals surface area (Å²) in [5.74, 6) is 3.28. The van der Waals surface area contributed by atoms with Crippen molar-refractivity contribution in [1.82, 2.24) is 44.1 Å². The molecular weight excluding hydrogens is 1140 g/mol. The van der Waals surface area contributed by atoms with Gasteiger partial charge in [0.25, 0.3) is 5.95 Å². The molecule has 12 aromatic rings. The van der Waals surface area contributed by atoms with E-state index in [9.17, 15) is 4.39 Å². The fraction of sp³-hybridized carbons (Fsp3) is 0. The normalized spacial score (nSPS) is 11.4. The molecule has 0 aliphatic rings. The van der Waals surface area contributed by atoms with Crippen LogP contribution in [0.15, 0.2) is 146 Å². The van der Waals surface area contributed by atoms with Crippen LogP contribution in [0.4, 0.5) is 4.39 Å². The molecule has 0 aliphatic heterocycles. The van der Waals surface area contributed by atoms with Crippen molar-refractivity contribution < 1.29 is 56.0 Å². The minimum Gasteiger partial charge on any atom is -0.509 e. The summed E-state index contributed by atoms with van der Waals surface area (Å²) in [4.78, 5) is 9.26. The summed E-state index contributed by atoms with van der Waals surface area (Å²) in [7, 11) is 0. The molecule has 0 saturated carbocycles. The predicted octanol–water partition coefficient (Wildman–Crippen LogP) is 10.3. The van der Waals surface area contributed by atoms with Gasteiger partial charge in [0.05, 0.1) is 0 Å². The van der Waals surface area contributed by atoms with E-state index < -0.39 is 6.08 Å². The molecule has 0 saturated heterocycles. The van der Waals surface area contributed by atoms with Gasteiger partial charge in [0.2, 0.25) is 0 Å². The maximum atomic E-state index is 14.0. The van der Waals surface area contributed by atoms with Crippen LogP contribution < -0.4 is 9.47 Å². The van der Waals surface area contributed by atoms with Crippen LogP contribution in [0.3, 0.4) is 0 Å². The Labute approximate surface area is 379 Å². The van der Waals surface area contributed by atoms with Gasteiger partial charge in [-0.1, -0.05) is 80.8 Å². The molecular formula is C48H24FN9O2Pt2. The van der Waals surface area contributed by atoms with Gasteiger partial charge in [0.15, 0.2) is 0 Å². The van der Waals surface area contributed by atoms with Crippen molar-refractivity contribution in [2.24, 2.45) is 0 Å². The molecule has 0 bridgehead atoms. The Morgan fingerprint density at radius 3 is 1.16 bits per heavy atom. The van der Waals surface area contributed by atoms with Gasteiger partial charge in [-0.25, -0.2) is 9.97 Å². The van der Waals surface area contributed by atoms with Crippen LogP contribution in [0.5, 0.6) is 23.0 Å². The molecule has 6 aromatic heterocycles. The fourth-order valence-corrected chi connectivity index (χ4v) is 8.00. The summed E-state index contributed by atoms with van der Waals surface area (Å²) in [6.45, 7) is 0. The van der Waals surface area contributed by atoms with Crippen LogP contribution in [-0.2, 0) is 42.1 Å². The van der Waals surface area contributed by atoms with E-state index in [4.69, 9.17) is 9.47 Å². The third kappa shape index (κ3) is 6.42. The number of benzene rings is 6. The average molecular weight is 1170 g/mol. The molecule has 6 heterocycles. The smallest absolute Gasteiger partial charge is 0.509 e. The molecule has 12 rings (SSSR count). The minimum atomic E-state index is -1.05. The molecule has 0 unspecified atom stereocenters. The second-order valence-corrected chi connectivity index (χ2v) is 13.9. The number of para-hydroxylation sites is 2. The van der Waals surface area contributed by atoms with Gasteiger partial charge in [-0.15, -0.1) is 69.5 Å². The zero-order valence-corrected chi connectivity index (χ0v) is 36.3. The Kier molecular flexibility index (Phi) is 9.90. The Morgan fingerprint density at radius 2 is 0.758 bits per heavy atom. The molecule has 0 spiro atoms. The molecule has 11 nitrogen and oxygen atoms in total. The van der Waals surface area contributed by atoms with E-state index >= 15 is 0 Å². The molecule has 300 valence electrons. The van der Waals surface area contributed by atoms with Gasteiger partial charge in [-0.05, 0) is 47.2 Å². The van der Waals surface area contributed by atoms with Gasteiger partial charge in [-0.2, -0.15) is 39.4 Å². The topological polar surface area (TPSA) is 111 Å². The maximum Gasteiger partial charge on any atom is 2.00 e. The van der Waals surface area contributed by atoms with E-state index in [1.165, 1.54) is 0 Å². The van der Waals surface area contributed by atoms with Gasteiger partial charge in [0, 0.05) is 46.4 Å². The second kappa shape index (κ2) is 15.7. The second-order valence-electron chi connectivity index (χ2n) is 13.9. The Balaban J connectivity index is 0.00000229. The number of fused-ring (bicyclic) bond motifs is 9. The average Bonchev–Trinajstić information content (AvgIpc) is 3.92. The number of nitrogens with zero attached hydrogens (tertiary/aromatic N) is 9. The molecule has 0 fully saturated rings. The first-order valence-corrected chi connectivity index (χ1v) is 18.9. The van der Waals surface area contributed by atoms with Crippen LogP contribution in [0.2, 0.25) is 0 Å². The molecule has 0 N–H and O–H groups in total. The fourth-order valence-electron chi connectivity index (χ4n) is 8.00. The van der Waals surface area contributed by atoms with Crippen LogP contribution >= 0.6 is 0 Å². The number of rotatable bonds is 7. The van der Waals surface area contributed by atoms with Crippen LogP contribution in [0.1, 0.15) is 0 Å². The van der Waals surface area contributed by atoms with Crippen molar-refractivity contribution in [3.05, 3.63) is 176 Å². The summed E-state index contributed by atoms with van der Waals surface area (Å²) in [6, 6.07) is 57.0. The maximum absolute atomic E-state index is 14.0. The predicted molar refractivity (Wildman–Crippen MR) is 225 cm³/mol. The summed E-state index contributed by atoms with van der Waals surface area (Å²) in [5.41, 5.74) is 4.70. The molecule has 6 aromatic carbocycles. The number of halogens is 1. The third-order valence-corrected chi connectivity index (χ3v) is 10.5. The summed E-state index contributed by atoms with van der Waals surface area (Å²) < 4.78 is 32.7. The molecule has 62 heavy (non-hydrogen) atoms. The van der Waals surface area contributed by atoms with E-state index in [0.717, 1.165) is 66.0 Å². The monoisotopic (exact) mass is 1170 g/mol. The first-order valence-electron chi connectivity index (χ1n) is 18.9. The van der Waals surface area contributed by atoms with Gasteiger partial charge >= 0.3 is 48.2 Å². The standard InChI is InChI=1S/C48H24FN9O2.2Pt/c49-47-52-54-48(55-53-47)58-43-27-31(59-29-15-19-35-33-9-1-3-11-39(33)56(41(35)25-29)45-13-5-7-23-50-45)17-21-37(43)38-22-18-32(28-44(38)58)60-30-16-20-36-34-10-2-4-12-40(34)57(42(36)26-30)46-14-6-8-24-51-46;;/h1-24H;;/q-4;2*+2. The zero-order chi connectivity index (χ0) is 39.7. The van der Waals surface area contributed by atoms with Gasteiger partial charge in [-0.3, -0.25) is 0 Å². The Morgan fingerprint density at radius 1 is 0.387 bits per heavy atom. The number of hydrogen-bond donors (Lipinski definition) is 0. The first-order chi connectivity index (χ1) is 29.6. The van der Waals surface area contributed by atoms with Crippen molar-refractivity contribution in [3.8, 4) is 40.6 Å². The molecule has 14 heteroatoms. The Bertz CT molecular complexity index is 3420. The molecule has 0 amide bonds. The third-order valence-electron chi connectivity index (χ3n) is 10.5. The van der Waals surface area contributed by atoms with Crippen LogP contribution in [0.25, 0.3) is 83.0 Å². The van der Waals surface area contributed by atoms with E-state index in [-0.39, 0.29) is 48.1 Å². The summed E-state index contributed by atoms with van der Waals surface area (Å²) >= 11 is 0. The first kappa shape index (κ1) is 39.0. The van der Waals surface area contributed by atoms with Gasteiger partial charge < -0.3 is 23.2 Å².